The van der Waals surface area contributed by atoms with E-state index in [2.05, 4.69) is 25.3 Å². The number of Topliss-reactive ketones (excluding diaryl/α,β-unsaturated/α-hetero) is 1. The summed E-state index contributed by atoms with van der Waals surface area (Å²) in [5.74, 6) is 0.744. The van der Waals surface area contributed by atoms with Gasteiger partial charge in [0.05, 0.1) is 18.1 Å². The van der Waals surface area contributed by atoms with Gasteiger partial charge in [0.25, 0.3) is 0 Å². The number of nitrogens with zero attached hydrogens (tertiary/aromatic N) is 7. The van der Waals surface area contributed by atoms with Crippen molar-refractivity contribution >= 4 is 11.7 Å². The van der Waals surface area contributed by atoms with Crippen LogP contribution in [0.2, 0.25) is 0 Å². The first-order chi connectivity index (χ1) is 20.0. The molecule has 0 aliphatic carbocycles. The topological polar surface area (TPSA) is 103 Å². The fourth-order valence-corrected chi connectivity index (χ4v) is 5.55. The molecule has 2 aliphatic heterocycles. The van der Waals surface area contributed by atoms with E-state index in [1.54, 1.807) is 24.5 Å². The van der Waals surface area contributed by atoms with E-state index in [9.17, 15) is 18.0 Å². The molecular weight excluding hydrogens is 549 g/mol. The summed E-state index contributed by atoms with van der Waals surface area (Å²) in [4.78, 5) is 29.6. The van der Waals surface area contributed by atoms with Crippen LogP contribution in [0.3, 0.4) is 0 Å². The monoisotopic (exact) mass is 580 g/mol. The van der Waals surface area contributed by atoms with Gasteiger partial charge >= 0.3 is 6.18 Å². The number of ether oxygens (including phenoxy) is 1. The minimum atomic E-state index is -4.69. The van der Waals surface area contributed by atoms with Crippen molar-refractivity contribution in [3.8, 4) is 16.9 Å². The number of ketones is 1. The van der Waals surface area contributed by atoms with Gasteiger partial charge in [0, 0.05) is 80.2 Å². The van der Waals surface area contributed by atoms with Gasteiger partial charge in [-0.1, -0.05) is 0 Å². The standard InChI is InChI=1S/C29H31F3N8O2/c1-16-7-20(36-28(35-16)40-12-21(13-40)33-3)10-19-15-42-26-22(24-14-38(4)37-27(24)29(30,31)32)8-18(9-23(26)25(19)41)11-39-6-5-34-17(39)2/h5-9,14,19,21,33H,10-13,15H2,1-4H3/t19-/m0/s1. The van der Waals surface area contributed by atoms with Crippen LogP contribution in [-0.4, -0.2) is 67.9 Å². The number of alkyl halides is 3. The number of hydrogen-bond acceptors (Lipinski definition) is 8. The molecule has 1 N–H and O–H groups in total. The summed E-state index contributed by atoms with van der Waals surface area (Å²) >= 11 is 0. The van der Waals surface area contributed by atoms with Crippen molar-refractivity contribution in [3.05, 3.63) is 70.8 Å². The zero-order valence-electron chi connectivity index (χ0n) is 23.7. The Bertz CT molecular complexity index is 1650. The molecule has 1 aromatic carbocycles. The van der Waals surface area contributed by atoms with Crippen LogP contribution in [0, 0.1) is 19.8 Å². The second-order valence-corrected chi connectivity index (χ2v) is 11.0. The van der Waals surface area contributed by atoms with E-state index in [4.69, 9.17) is 9.72 Å². The fraction of sp³-hybridized carbons (Fsp3) is 0.414. The van der Waals surface area contributed by atoms with Gasteiger partial charge in [0.15, 0.2) is 11.5 Å². The summed E-state index contributed by atoms with van der Waals surface area (Å²) in [6, 6.07) is 5.60. The Morgan fingerprint density at radius 1 is 1.10 bits per heavy atom. The van der Waals surface area contributed by atoms with Crippen LogP contribution in [-0.2, 0) is 26.2 Å². The highest BCUT2D eigenvalue weighted by atomic mass is 19.4. The van der Waals surface area contributed by atoms with Crippen molar-refractivity contribution in [2.45, 2.75) is 39.0 Å². The summed E-state index contributed by atoms with van der Waals surface area (Å²) in [5.41, 5.74) is 1.43. The number of fused-ring (bicyclic) bond motifs is 1. The molecule has 4 aromatic rings. The van der Waals surface area contributed by atoms with Gasteiger partial charge in [-0.25, -0.2) is 15.0 Å². The third-order valence-electron chi connectivity index (χ3n) is 7.80. The molecule has 6 rings (SSSR count). The molecule has 0 bridgehead atoms. The maximum atomic E-state index is 14.0. The highest BCUT2D eigenvalue weighted by Crippen LogP contribution is 2.44. The zero-order valence-corrected chi connectivity index (χ0v) is 23.7. The number of anilines is 1. The Labute approximate surface area is 240 Å². The number of aryl methyl sites for hydroxylation is 3. The van der Waals surface area contributed by atoms with E-state index in [0.29, 0.717) is 36.2 Å². The Morgan fingerprint density at radius 2 is 1.86 bits per heavy atom. The largest absolute Gasteiger partial charge is 0.491 e. The highest BCUT2D eigenvalue weighted by molar-refractivity contribution is 6.04. The summed E-state index contributed by atoms with van der Waals surface area (Å²) in [7, 11) is 3.35. The molecular formula is C29H31F3N8O2. The van der Waals surface area contributed by atoms with Crippen LogP contribution in [0.15, 0.2) is 36.8 Å². The van der Waals surface area contributed by atoms with Gasteiger partial charge in [-0.05, 0) is 44.7 Å². The number of rotatable bonds is 7. The average molecular weight is 581 g/mol. The van der Waals surface area contributed by atoms with E-state index in [1.165, 1.54) is 13.2 Å². The number of halogens is 3. The number of carbonyl (C=O) groups is 1. The van der Waals surface area contributed by atoms with Gasteiger partial charge in [-0.15, -0.1) is 0 Å². The van der Waals surface area contributed by atoms with Gasteiger partial charge < -0.3 is 19.5 Å². The molecule has 10 nitrogen and oxygen atoms in total. The Kier molecular flexibility index (Phi) is 7.00. The lowest BCUT2D eigenvalue weighted by Gasteiger charge is -2.39. The zero-order chi connectivity index (χ0) is 29.8. The lowest BCUT2D eigenvalue weighted by atomic mass is 9.87. The summed E-state index contributed by atoms with van der Waals surface area (Å²) in [6.45, 7) is 5.67. The minimum Gasteiger partial charge on any atom is -0.491 e. The summed E-state index contributed by atoms with van der Waals surface area (Å²) < 4.78 is 51.1. The molecule has 220 valence electrons. The Hall–Kier alpha value is -4.26. The molecule has 0 amide bonds. The third kappa shape index (κ3) is 5.24. The average Bonchev–Trinajstić information content (AvgIpc) is 3.49. The van der Waals surface area contributed by atoms with E-state index < -0.39 is 17.8 Å². The van der Waals surface area contributed by atoms with Gasteiger partial charge in [0.2, 0.25) is 5.95 Å². The normalized spacial score (nSPS) is 17.3. The van der Waals surface area contributed by atoms with Crippen LogP contribution in [0.25, 0.3) is 11.1 Å². The van der Waals surface area contributed by atoms with E-state index in [-0.39, 0.29) is 34.8 Å². The van der Waals surface area contributed by atoms with Crippen LogP contribution >= 0.6 is 0 Å². The third-order valence-corrected chi connectivity index (χ3v) is 7.80. The number of aromatic nitrogens is 6. The van der Waals surface area contributed by atoms with Crippen molar-refractivity contribution in [2.75, 3.05) is 31.6 Å². The summed E-state index contributed by atoms with van der Waals surface area (Å²) in [6.07, 6.45) is 0.377. The maximum absolute atomic E-state index is 14.0. The van der Waals surface area contributed by atoms with Crippen molar-refractivity contribution in [3.63, 3.8) is 0 Å². The molecule has 42 heavy (non-hydrogen) atoms. The molecule has 3 aromatic heterocycles. The van der Waals surface area contributed by atoms with E-state index in [0.717, 1.165) is 29.3 Å². The quantitative estimate of drug-likeness (QED) is 0.354. The SMILES string of the molecule is CNC1CN(c2nc(C)cc(C[C@H]3COc4c(cc(Cn5ccnc5C)cc4-c4cn(C)nc4C(F)(F)F)C3=O)n2)C1. The number of imidazole rings is 1. The first-order valence-corrected chi connectivity index (χ1v) is 13.7. The number of nitrogens with one attached hydrogen (secondary N) is 1. The van der Waals surface area contributed by atoms with Gasteiger partial charge in [-0.3, -0.25) is 9.48 Å². The molecule has 13 heteroatoms. The fourth-order valence-electron chi connectivity index (χ4n) is 5.55. The molecule has 2 aliphatic rings. The van der Waals surface area contributed by atoms with Gasteiger partial charge in [-0.2, -0.15) is 18.3 Å². The Balaban J connectivity index is 1.37. The predicted molar refractivity (Wildman–Crippen MR) is 149 cm³/mol. The number of likely N-dealkylation sites (N-methyl/N-ethyl adjacent to an activating group) is 1. The molecule has 1 fully saturated rings. The Morgan fingerprint density at radius 3 is 2.55 bits per heavy atom. The van der Waals surface area contributed by atoms with Gasteiger partial charge in [0.1, 0.15) is 11.6 Å². The van der Waals surface area contributed by atoms with Crippen LogP contribution in [0.5, 0.6) is 5.75 Å². The van der Waals surface area contributed by atoms with Crippen molar-refractivity contribution in [1.82, 2.24) is 34.6 Å². The van der Waals surface area contributed by atoms with Crippen LogP contribution in [0.1, 0.15) is 38.8 Å². The molecule has 1 saturated heterocycles. The number of carbonyl (C=O) groups excluding carboxylic acids is 1. The first kappa shape index (κ1) is 27.9. The molecule has 5 heterocycles. The predicted octanol–water partition coefficient (Wildman–Crippen LogP) is 3.60. The minimum absolute atomic E-state index is 0.0182. The molecule has 0 unspecified atom stereocenters. The van der Waals surface area contributed by atoms with E-state index >= 15 is 0 Å². The highest BCUT2D eigenvalue weighted by Gasteiger charge is 2.40. The first-order valence-electron chi connectivity index (χ1n) is 13.7. The molecule has 0 saturated carbocycles. The lowest BCUT2D eigenvalue weighted by molar-refractivity contribution is -0.140. The van der Waals surface area contributed by atoms with E-state index in [1.807, 2.05) is 31.5 Å². The van der Waals surface area contributed by atoms with Crippen molar-refractivity contribution in [2.24, 2.45) is 13.0 Å². The second kappa shape index (κ2) is 10.5. The number of benzene rings is 1. The number of hydrogen-bond donors (Lipinski definition) is 1. The molecule has 0 radical (unpaired) electrons. The van der Waals surface area contributed by atoms with Crippen molar-refractivity contribution < 1.29 is 22.7 Å². The summed E-state index contributed by atoms with van der Waals surface area (Å²) in [5, 5.41) is 6.91. The molecule has 0 spiro atoms. The lowest BCUT2D eigenvalue weighted by Crippen LogP contribution is -2.57. The maximum Gasteiger partial charge on any atom is 0.435 e. The van der Waals surface area contributed by atoms with Crippen LogP contribution in [0.4, 0.5) is 19.1 Å². The smallest absolute Gasteiger partial charge is 0.435 e. The second-order valence-electron chi connectivity index (χ2n) is 11.0. The van der Waals surface area contributed by atoms with Crippen molar-refractivity contribution in [1.29, 1.82) is 0 Å². The molecule has 1 atom stereocenters. The van der Waals surface area contributed by atoms with Crippen LogP contribution < -0.4 is 15.0 Å².